The van der Waals surface area contributed by atoms with E-state index in [1.807, 2.05) is 18.2 Å². The molecule has 10 nitrogen and oxygen atoms in total. The molecule has 0 aromatic heterocycles. The molecule has 0 bridgehead atoms. The van der Waals surface area contributed by atoms with Gasteiger partial charge in [0.15, 0.2) is 0 Å². The zero-order chi connectivity index (χ0) is 24.6. The molecule has 1 aliphatic heterocycles. The molecule has 1 fully saturated rings. The van der Waals surface area contributed by atoms with E-state index in [0.29, 0.717) is 19.3 Å². The van der Waals surface area contributed by atoms with E-state index in [4.69, 9.17) is 9.29 Å². The van der Waals surface area contributed by atoms with Crippen molar-refractivity contribution in [3.63, 3.8) is 0 Å². The Hall–Kier alpha value is -2.35. The average Bonchev–Trinajstić information content (AvgIpc) is 2.82. The number of ether oxygens (including phenoxy) is 1. The van der Waals surface area contributed by atoms with Crippen LogP contribution in [-0.2, 0) is 47.4 Å². The molecule has 2 atom stereocenters. The highest BCUT2D eigenvalue weighted by atomic mass is 32.3. The van der Waals surface area contributed by atoms with Crippen LogP contribution in [0.3, 0.4) is 0 Å². The summed E-state index contributed by atoms with van der Waals surface area (Å²) in [5.41, 5.74) is 1.51. The molecule has 0 aliphatic carbocycles. The number of hydrogen-bond acceptors (Lipinski definition) is 7. The Bertz CT molecular complexity index is 1140. The summed E-state index contributed by atoms with van der Waals surface area (Å²) in [7, 11) is -8.99. The van der Waals surface area contributed by atoms with Crippen LogP contribution in [0.5, 0.6) is 0 Å². The van der Waals surface area contributed by atoms with Gasteiger partial charge in [0, 0.05) is 6.54 Å². The van der Waals surface area contributed by atoms with Crippen LogP contribution in [0.25, 0.3) is 0 Å². The maximum atomic E-state index is 13.2. The molecule has 0 amide bonds. The standard InChI is InChI=1S/C22H28N2O8S2/c25-22(31-16-19-11-5-2-6-12-19)21-13-7-8-14-24(21)33(26,27)23-20(17-32-34(28,29)30)15-18-9-3-1-4-10-18/h1-6,9-12,20-21,23H,7-8,13-17H2,(H,28,29,30)/t20?,21-/m0/s1. The summed E-state index contributed by atoms with van der Waals surface area (Å²) in [6.07, 6.45) is 1.64. The fourth-order valence-corrected chi connectivity index (χ4v) is 5.67. The van der Waals surface area contributed by atoms with Gasteiger partial charge in [-0.1, -0.05) is 60.7 Å². The van der Waals surface area contributed by atoms with Gasteiger partial charge in [-0.3, -0.25) is 9.35 Å². The van der Waals surface area contributed by atoms with Crippen molar-refractivity contribution in [2.75, 3.05) is 13.2 Å². The van der Waals surface area contributed by atoms with Gasteiger partial charge in [0.1, 0.15) is 12.6 Å². The van der Waals surface area contributed by atoms with Crippen LogP contribution in [0.2, 0.25) is 0 Å². The van der Waals surface area contributed by atoms with Gasteiger partial charge in [-0.2, -0.15) is 25.9 Å². The molecule has 186 valence electrons. The molecular formula is C22H28N2O8S2. The SMILES string of the molecule is O=C(OCc1ccccc1)[C@@H]1CCCCN1S(=O)(=O)NC(COS(=O)(=O)O)Cc1ccccc1. The first-order valence-corrected chi connectivity index (χ1v) is 13.6. The molecular weight excluding hydrogens is 484 g/mol. The lowest BCUT2D eigenvalue weighted by atomic mass is 10.1. The summed E-state index contributed by atoms with van der Waals surface area (Å²) >= 11 is 0. The van der Waals surface area contributed by atoms with E-state index in [1.165, 1.54) is 0 Å². The minimum Gasteiger partial charge on any atom is -0.460 e. The lowest BCUT2D eigenvalue weighted by Gasteiger charge is -2.34. The second-order valence-corrected chi connectivity index (χ2v) is 10.7. The van der Waals surface area contributed by atoms with E-state index < -0.39 is 45.3 Å². The average molecular weight is 513 g/mol. The van der Waals surface area contributed by atoms with Crippen molar-refractivity contribution in [2.24, 2.45) is 0 Å². The second-order valence-electron chi connectivity index (χ2n) is 7.94. The summed E-state index contributed by atoms with van der Waals surface area (Å²) in [5.74, 6) is -0.650. The van der Waals surface area contributed by atoms with E-state index in [0.717, 1.165) is 15.4 Å². The van der Waals surface area contributed by atoms with Crippen molar-refractivity contribution in [3.05, 3.63) is 71.8 Å². The number of benzene rings is 2. The molecule has 34 heavy (non-hydrogen) atoms. The van der Waals surface area contributed by atoms with Gasteiger partial charge in [0.25, 0.3) is 10.2 Å². The maximum Gasteiger partial charge on any atom is 0.397 e. The molecule has 2 aromatic rings. The Labute approximate surface area is 200 Å². The topological polar surface area (TPSA) is 139 Å². The Morgan fingerprint density at radius 2 is 1.62 bits per heavy atom. The predicted octanol–water partition coefficient (Wildman–Crippen LogP) is 1.85. The zero-order valence-corrected chi connectivity index (χ0v) is 20.1. The molecule has 0 radical (unpaired) electrons. The summed E-state index contributed by atoms with van der Waals surface area (Å²) in [5, 5.41) is 0. The van der Waals surface area contributed by atoms with E-state index in [-0.39, 0.29) is 19.6 Å². The largest absolute Gasteiger partial charge is 0.460 e. The minimum absolute atomic E-state index is 0.0241. The first-order chi connectivity index (χ1) is 16.1. The van der Waals surface area contributed by atoms with E-state index in [2.05, 4.69) is 8.91 Å². The highest BCUT2D eigenvalue weighted by molar-refractivity contribution is 7.87. The highest BCUT2D eigenvalue weighted by Gasteiger charge is 2.39. The maximum absolute atomic E-state index is 13.2. The Balaban J connectivity index is 1.72. The van der Waals surface area contributed by atoms with Crippen molar-refractivity contribution in [1.82, 2.24) is 9.03 Å². The normalized spacial score (nSPS) is 18.3. The van der Waals surface area contributed by atoms with Crippen LogP contribution in [0.15, 0.2) is 60.7 Å². The number of rotatable bonds is 11. The van der Waals surface area contributed by atoms with Gasteiger partial charge in [-0.05, 0) is 36.8 Å². The lowest BCUT2D eigenvalue weighted by molar-refractivity contribution is -0.150. The molecule has 0 spiro atoms. The molecule has 2 N–H and O–H groups in total. The molecule has 1 aliphatic rings. The van der Waals surface area contributed by atoms with Gasteiger partial charge in [-0.15, -0.1) is 0 Å². The molecule has 3 rings (SSSR count). The zero-order valence-electron chi connectivity index (χ0n) is 18.4. The van der Waals surface area contributed by atoms with Crippen molar-refractivity contribution < 1.29 is 35.1 Å². The van der Waals surface area contributed by atoms with Crippen LogP contribution >= 0.6 is 0 Å². The number of nitrogens with zero attached hydrogens (tertiary/aromatic N) is 1. The van der Waals surface area contributed by atoms with Gasteiger partial charge in [0.2, 0.25) is 0 Å². The summed E-state index contributed by atoms with van der Waals surface area (Å²) < 4.78 is 70.9. The molecule has 2 aromatic carbocycles. The van der Waals surface area contributed by atoms with Crippen LogP contribution in [0, 0.1) is 0 Å². The van der Waals surface area contributed by atoms with Crippen molar-refractivity contribution >= 4 is 26.6 Å². The van der Waals surface area contributed by atoms with Gasteiger partial charge < -0.3 is 4.74 Å². The predicted molar refractivity (Wildman–Crippen MR) is 124 cm³/mol. The van der Waals surface area contributed by atoms with Gasteiger partial charge in [0.05, 0.1) is 12.6 Å². The number of piperidine rings is 1. The first-order valence-electron chi connectivity index (χ1n) is 10.8. The molecule has 0 saturated carbocycles. The number of esters is 1. The van der Waals surface area contributed by atoms with E-state index >= 15 is 0 Å². The summed E-state index contributed by atoms with van der Waals surface area (Å²) in [4.78, 5) is 12.8. The third kappa shape index (κ3) is 8.15. The Kier molecular flexibility index (Phi) is 9.17. The van der Waals surface area contributed by atoms with Crippen LogP contribution in [0.4, 0.5) is 0 Å². The van der Waals surface area contributed by atoms with Crippen LogP contribution in [-0.4, -0.2) is 56.9 Å². The Morgan fingerprint density at radius 3 is 2.24 bits per heavy atom. The van der Waals surface area contributed by atoms with Crippen LogP contribution < -0.4 is 4.72 Å². The monoisotopic (exact) mass is 512 g/mol. The minimum atomic E-state index is -4.77. The fourth-order valence-electron chi connectivity index (χ4n) is 3.73. The van der Waals surface area contributed by atoms with Gasteiger partial charge >= 0.3 is 16.4 Å². The molecule has 12 heteroatoms. The van der Waals surface area contributed by atoms with Crippen molar-refractivity contribution in [2.45, 2.75) is 44.4 Å². The van der Waals surface area contributed by atoms with Gasteiger partial charge in [-0.25, -0.2) is 4.18 Å². The lowest BCUT2D eigenvalue weighted by Crippen LogP contribution is -2.55. The highest BCUT2D eigenvalue weighted by Crippen LogP contribution is 2.22. The third-order valence-electron chi connectivity index (χ3n) is 5.32. The Morgan fingerprint density at radius 1 is 1.00 bits per heavy atom. The summed E-state index contributed by atoms with van der Waals surface area (Å²) in [6, 6.07) is 15.8. The fraction of sp³-hybridized carbons (Fsp3) is 0.409. The first kappa shape index (κ1) is 26.3. The van der Waals surface area contributed by atoms with Crippen molar-refractivity contribution in [3.8, 4) is 0 Å². The third-order valence-corrected chi connectivity index (χ3v) is 7.44. The number of hydrogen-bond donors (Lipinski definition) is 2. The summed E-state index contributed by atoms with van der Waals surface area (Å²) in [6.45, 7) is -0.488. The molecule has 1 saturated heterocycles. The van der Waals surface area contributed by atoms with Crippen molar-refractivity contribution in [1.29, 1.82) is 0 Å². The smallest absolute Gasteiger partial charge is 0.397 e. The second kappa shape index (κ2) is 11.9. The molecule has 1 heterocycles. The molecule has 1 unspecified atom stereocenters. The quantitative estimate of drug-likeness (QED) is 0.343. The number of carbonyl (C=O) groups is 1. The van der Waals surface area contributed by atoms with E-state index in [1.54, 1.807) is 42.5 Å². The number of nitrogens with one attached hydrogen (secondary N) is 1. The van der Waals surface area contributed by atoms with E-state index in [9.17, 15) is 21.6 Å². The number of carbonyl (C=O) groups excluding carboxylic acids is 1. The van der Waals surface area contributed by atoms with Crippen LogP contribution in [0.1, 0.15) is 30.4 Å².